The van der Waals surface area contributed by atoms with Gasteiger partial charge >= 0.3 is 0 Å². The number of anilines is 2. The highest BCUT2D eigenvalue weighted by Crippen LogP contribution is 2.34. The summed E-state index contributed by atoms with van der Waals surface area (Å²) >= 11 is 11.5. The van der Waals surface area contributed by atoms with Crippen LogP contribution in [-0.2, 0) is 4.79 Å². The molecule has 1 heterocycles. The SMILES string of the molecule is Cc1cc(NC(=O)CCl)ccc1N1C(=O)c2cccc(Cl)c2C1=O. The molecule has 122 valence electrons. The van der Waals surface area contributed by atoms with Crippen molar-refractivity contribution in [2.45, 2.75) is 6.92 Å². The maximum atomic E-state index is 12.6. The molecule has 2 aromatic rings. The van der Waals surface area contributed by atoms with Crippen LogP contribution in [0.5, 0.6) is 0 Å². The molecule has 0 aliphatic carbocycles. The second-order valence-corrected chi connectivity index (χ2v) is 5.97. The average Bonchev–Trinajstić information content (AvgIpc) is 2.80. The monoisotopic (exact) mass is 362 g/mol. The largest absolute Gasteiger partial charge is 0.325 e. The summed E-state index contributed by atoms with van der Waals surface area (Å²) in [6, 6.07) is 9.67. The van der Waals surface area contributed by atoms with Crippen molar-refractivity contribution < 1.29 is 14.4 Å². The minimum atomic E-state index is -0.457. The minimum absolute atomic E-state index is 0.155. The van der Waals surface area contributed by atoms with Crippen LogP contribution in [0.3, 0.4) is 0 Å². The van der Waals surface area contributed by atoms with Crippen molar-refractivity contribution in [1.29, 1.82) is 0 Å². The summed E-state index contributed by atoms with van der Waals surface area (Å²) in [5, 5.41) is 2.87. The van der Waals surface area contributed by atoms with Gasteiger partial charge in [0.1, 0.15) is 5.88 Å². The fraction of sp³-hybridized carbons (Fsp3) is 0.118. The number of carbonyl (C=O) groups is 3. The fourth-order valence-electron chi connectivity index (χ4n) is 2.64. The molecule has 0 radical (unpaired) electrons. The summed E-state index contributed by atoms with van der Waals surface area (Å²) in [4.78, 5) is 37.6. The van der Waals surface area contributed by atoms with Crippen molar-refractivity contribution in [3.8, 4) is 0 Å². The molecule has 2 aromatic carbocycles. The Bertz CT molecular complexity index is 880. The van der Waals surface area contributed by atoms with Crippen LogP contribution >= 0.6 is 23.2 Å². The third-order valence-electron chi connectivity index (χ3n) is 3.71. The lowest BCUT2D eigenvalue weighted by atomic mass is 10.1. The zero-order valence-corrected chi connectivity index (χ0v) is 14.1. The lowest BCUT2D eigenvalue weighted by Crippen LogP contribution is -2.30. The van der Waals surface area contributed by atoms with Crippen LogP contribution < -0.4 is 10.2 Å². The quantitative estimate of drug-likeness (QED) is 0.669. The summed E-state index contributed by atoms with van der Waals surface area (Å²) in [6.45, 7) is 1.75. The van der Waals surface area contributed by atoms with E-state index in [-0.39, 0.29) is 27.9 Å². The second kappa shape index (κ2) is 6.26. The molecule has 1 aliphatic rings. The third kappa shape index (κ3) is 2.66. The Kier molecular flexibility index (Phi) is 4.30. The summed E-state index contributed by atoms with van der Waals surface area (Å²) < 4.78 is 0. The Labute approximate surface area is 148 Å². The third-order valence-corrected chi connectivity index (χ3v) is 4.26. The Morgan fingerprint density at radius 2 is 1.92 bits per heavy atom. The van der Waals surface area contributed by atoms with E-state index in [9.17, 15) is 14.4 Å². The molecule has 0 bridgehead atoms. The minimum Gasteiger partial charge on any atom is -0.325 e. The molecule has 1 N–H and O–H groups in total. The number of nitrogens with zero attached hydrogens (tertiary/aromatic N) is 1. The summed E-state index contributed by atoms with van der Waals surface area (Å²) in [5.74, 6) is -1.37. The Balaban J connectivity index is 1.99. The van der Waals surface area contributed by atoms with Gasteiger partial charge in [0.05, 0.1) is 21.8 Å². The number of hydrogen-bond acceptors (Lipinski definition) is 3. The van der Waals surface area contributed by atoms with E-state index in [1.54, 1.807) is 43.3 Å². The molecule has 0 unspecified atom stereocenters. The van der Waals surface area contributed by atoms with Gasteiger partial charge in [-0.25, -0.2) is 4.90 Å². The first-order valence-corrected chi connectivity index (χ1v) is 7.99. The molecule has 7 heteroatoms. The summed E-state index contributed by atoms with van der Waals surface area (Å²) in [5.41, 5.74) is 2.14. The van der Waals surface area contributed by atoms with E-state index >= 15 is 0 Å². The zero-order valence-electron chi connectivity index (χ0n) is 12.6. The molecule has 0 saturated heterocycles. The fourth-order valence-corrected chi connectivity index (χ4v) is 2.96. The molecule has 3 rings (SSSR count). The number of rotatable bonds is 3. The van der Waals surface area contributed by atoms with Gasteiger partial charge in [-0.2, -0.15) is 0 Å². The molecule has 0 aromatic heterocycles. The van der Waals surface area contributed by atoms with Crippen molar-refractivity contribution in [3.05, 3.63) is 58.1 Å². The number of aryl methyl sites for hydroxylation is 1. The molecule has 24 heavy (non-hydrogen) atoms. The summed E-state index contributed by atoms with van der Waals surface area (Å²) in [6.07, 6.45) is 0. The maximum Gasteiger partial charge on any atom is 0.267 e. The molecular weight excluding hydrogens is 351 g/mol. The van der Waals surface area contributed by atoms with E-state index in [0.29, 0.717) is 16.9 Å². The van der Waals surface area contributed by atoms with Gasteiger partial charge in [0.2, 0.25) is 5.91 Å². The van der Waals surface area contributed by atoms with Crippen LogP contribution in [-0.4, -0.2) is 23.6 Å². The van der Waals surface area contributed by atoms with E-state index in [2.05, 4.69) is 5.32 Å². The van der Waals surface area contributed by atoms with Crippen LogP contribution in [0.1, 0.15) is 26.3 Å². The first kappa shape index (κ1) is 16.5. The smallest absolute Gasteiger partial charge is 0.267 e. The van der Waals surface area contributed by atoms with E-state index in [0.717, 1.165) is 4.90 Å². The van der Waals surface area contributed by atoms with Crippen LogP contribution in [0.4, 0.5) is 11.4 Å². The second-order valence-electron chi connectivity index (χ2n) is 5.29. The molecule has 5 nitrogen and oxygen atoms in total. The van der Waals surface area contributed by atoms with Crippen LogP contribution in [0.15, 0.2) is 36.4 Å². The van der Waals surface area contributed by atoms with Crippen LogP contribution in [0.2, 0.25) is 5.02 Å². The van der Waals surface area contributed by atoms with E-state index < -0.39 is 11.8 Å². The van der Waals surface area contributed by atoms with Crippen molar-refractivity contribution in [3.63, 3.8) is 0 Å². The standard InChI is InChI=1S/C17H12Cl2N2O3/c1-9-7-10(20-14(22)8-18)5-6-13(9)21-16(23)11-3-2-4-12(19)15(11)17(21)24/h2-7H,8H2,1H3,(H,20,22). The first-order valence-electron chi connectivity index (χ1n) is 7.08. The predicted molar refractivity (Wildman–Crippen MR) is 93.1 cm³/mol. The first-order chi connectivity index (χ1) is 11.4. The number of amides is 3. The molecule has 1 aliphatic heterocycles. The van der Waals surface area contributed by atoms with E-state index in [4.69, 9.17) is 23.2 Å². The molecule has 0 spiro atoms. The number of benzene rings is 2. The normalized spacial score (nSPS) is 13.2. The Morgan fingerprint density at radius 3 is 2.54 bits per heavy atom. The number of hydrogen-bond donors (Lipinski definition) is 1. The maximum absolute atomic E-state index is 12.6. The number of nitrogens with one attached hydrogen (secondary N) is 1. The molecule has 0 atom stereocenters. The van der Waals surface area contributed by atoms with Crippen molar-refractivity contribution in [2.24, 2.45) is 0 Å². The number of fused-ring (bicyclic) bond motifs is 1. The van der Waals surface area contributed by atoms with Gasteiger partial charge in [-0.05, 0) is 42.8 Å². The highest BCUT2D eigenvalue weighted by molar-refractivity contribution is 6.42. The van der Waals surface area contributed by atoms with Gasteiger partial charge in [-0.15, -0.1) is 11.6 Å². The average molecular weight is 363 g/mol. The summed E-state index contributed by atoms with van der Waals surface area (Å²) in [7, 11) is 0. The van der Waals surface area contributed by atoms with Gasteiger partial charge in [-0.3, -0.25) is 14.4 Å². The zero-order chi connectivity index (χ0) is 17.4. The predicted octanol–water partition coefficient (Wildman–Crippen LogP) is 3.63. The van der Waals surface area contributed by atoms with Gasteiger partial charge in [0.25, 0.3) is 11.8 Å². The molecule has 0 saturated carbocycles. The molecule has 3 amide bonds. The Morgan fingerprint density at radius 1 is 1.17 bits per heavy atom. The van der Waals surface area contributed by atoms with E-state index in [1.807, 2.05) is 0 Å². The molecule has 0 fully saturated rings. The topological polar surface area (TPSA) is 66.5 Å². The highest BCUT2D eigenvalue weighted by Gasteiger charge is 2.38. The Hall–Kier alpha value is -2.37. The lowest BCUT2D eigenvalue weighted by molar-refractivity contribution is -0.113. The van der Waals surface area contributed by atoms with Gasteiger partial charge < -0.3 is 5.32 Å². The van der Waals surface area contributed by atoms with Crippen molar-refractivity contribution in [2.75, 3.05) is 16.1 Å². The van der Waals surface area contributed by atoms with Gasteiger partial charge in [0.15, 0.2) is 0 Å². The van der Waals surface area contributed by atoms with Crippen LogP contribution in [0.25, 0.3) is 0 Å². The molecular formula is C17H12Cl2N2O3. The number of halogens is 2. The van der Waals surface area contributed by atoms with Crippen LogP contribution in [0, 0.1) is 6.92 Å². The lowest BCUT2D eigenvalue weighted by Gasteiger charge is -2.17. The number of alkyl halides is 1. The van der Waals surface area contributed by atoms with Gasteiger partial charge in [0, 0.05) is 5.69 Å². The van der Waals surface area contributed by atoms with E-state index in [1.165, 1.54) is 0 Å². The van der Waals surface area contributed by atoms with Crippen molar-refractivity contribution in [1.82, 2.24) is 0 Å². The number of carbonyl (C=O) groups excluding carboxylic acids is 3. The highest BCUT2D eigenvalue weighted by atomic mass is 35.5. The van der Waals surface area contributed by atoms with Gasteiger partial charge in [-0.1, -0.05) is 17.7 Å². The van der Waals surface area contributed by atoms with Crippen molar-refractivity contribution >= 4 is 52.3 Å². The number of imide groups is 1.